The van der Waals surface area contributed by atoms with Gasteiger partial charge in [-0.1, -0.05) is 6.07 Å². The van der Waals surface area contributed by atoms with Crippen LogP contribution >= 0.6 is 0 Å². The van der Waals surface area contributed by atoms with Crippen molar-refractivity contribution in [3.8, 4) is 0 Å². The number of nitrogens with one attached hydrogen (secondary N) is 2. The SMILES string of the molecule is CN(C)S(=O)(=O)c1cccc(NC(=O)C2COCCN2)c1. The van der Waals surface area contributed by atoms with Crippen molar-refractivity contribution < 1.29 is 17.9 Å². The highest BCUT2D eigenvalue weighted by atomic mass is 32.2. The predicted octanol–water partition coefficient (Wildman–Crippen LogP) is -0.136. The summed E-state index contributed by atoms with van der Waals surface area (Å²) in [5.74, 6) is -0.242. The summed E-state index contributed by atoms with van der Waals surface area (Å²) in [4.78, 5) is 12.2. The molecular formula is C13H19N3O4S. The molecule has 2 rings (SSSR count). The van der Waals surface area contributed by atoms with Gasteiger partial charge >= 0.3 is 0 Å². The Balaban J connectivity index is 2.13. The molecule has 0 aliphatic carbocycles. The zero-order valence-electron chi connectivity index (χ0n) is 12.0. The number of benzene rings is 1. The lowest BCUT2D eigenvalue weighted by molar-refractivity contribution is -0.120. The first-order valence-electron chi connectivity index (χ1n) is 6.56. The molecule has 0 radical (unpaired) electrons. The smallest absolute Gasteiger partial charge is 0.243 e. The first kappa shape index (κ1) is 15.9. The number of rotatable bonds is 4. The number of sulfonamides is 1. The minimum atomic E-state index is -3.52. The van der Waals surface area contributed by atoms with Crippen molar-refractivity contribution in [3.05, 3.63) is 24.3 Å². The summed E-state index contributed by atoms with van der Waals surface area (Å²) in [6, 6.07) is 5.75. The lowest BCUT2D eigenvalue weighted by Crippen LogP contribution is -2.48. The van der Waals surface area contributed by atoms with E-state index in [1.54, 1.807) is 12.1 Å². The molecule has 0 saturated carbocycles. The van der Waals surface area contributed by atoms with Crippen molar-refractivity contribution in [2.75, 3.05) is 39.2 Å². The average molecular weight is 313 g/mol. The number of amides is 1. The van der Waals surface area contributed by atoms with Crippen molar-refractivity contribution in [1.82, 2.24) is 9.62 Å². The number of hydrogen-bond donors (Lipinski definition) is 2. The second-order valence-electron chi connectivity index (χ2n) is 4.89. The molecule has 1 heterocycles. The molecule has 1 atom stereocenters. The number of nitrogens with zero attached hydrogens (tertiary/aromatic N) is 1. The Morgan fingerprint density at radius 1 is 1.43 bits per heavy atom. The minimum Gasteiger partial charge on any atom is -0.378 e. The van der Waals surface area contributed by atoms with Crippen LogP contribution in [0.3, 0.4) is 0 Å². The molecule has 1 amide bonds. The fraction of sp³-hybridized carbons (Fsp3) is 0.462. The average Bonchev–Trinajstić information content (AvgIpc) is 2.48. The second kappa shape index (κ2) is 6.52. The molecule has 1 aliphatic heterocycles. The Morgan fingerprint density at radius 3 is 2.81 bits per heavy atom. The zero-order valence-corrected chi connectivity index (χ0v) is 12.8. The molecule has 1 aliphatic rings. The van der Waals surface area contributed by atoms with Crippen molar-refractivity contribution in [2.24, 2.45) is 0 Å². The monoisotopic (exact) mass is 313 g/mol. The molecule has 1 unspecified atom stereocenters. The van der Waals surface area contributed by atoms with Gasteiger partial charge in [0, 0.05) is 26.3 Å². The lowest BCUT2D eigenvalue weighted by Gasteiger charge is -2.23. The van der Waals surface area contributed by atoms with Crippen LogP contribution in [0.1, 0.15) is 0 Å². The quantitative estimate of drug-likeness (QED) is 0.808. The van der Waals surface area contributed by atoms with Gasteiger partial charge in [-0.25, -0.2) is 12.7 Å². The Hall–Kier alpha value is -1.48. The van der Waals surface area contributed by atoms with Crippen LogP contribution in [0.4, 0.5) is 5.69 Å². The van der Waals surface area contributed by atoms with E-state index in [4.69, 9.17) is 4.74 Å². The highest BCUT2D eigenvalue weighted by molar-refractivity contribution is 7.89. The zero-order chi connectivity index (χ0) is 15.5. The number of hydrogen-bond acceptors (Lipinski definition) is 5. The summed E-state index contributed by atoms with van der Waals surface area (Å²) in [7, 11) is -0.594. The minimum absolute atomic E-state index is 0.137. The van der Waals surface area contributed by atoms with Gasteiger partial charge in [0.2, 0.25) is 15.9 Å². The van der Waals surface area contributed by atoms with E-state index in [1.165, 1.54) is 26.2 Å². The number of carbonyl (C=O) groups is 1. The molecule has 0 bridgehead atoms. The first-order chi connectivity index (χ1) is 9.91. The van der Waals surface area contributed by atoms with Crippen molar-refractivity contribution >= 4 is 21.6 Å². The maximum atomic E-state index is 12.1. The van der Waals surface area contributed by atoms with Crippen LogP contribution in [0.5, 0.6) is 0 Å². The molecule has 1 aromatic carbocycles. The van der Waals surface area contributed by atoms with Gasteiger partial charge in [-0.2, -0.15) is 0 Å². The fourth-order valence-electron chi connectivity index (χ4n) is 1.91. The van der Waals surface area contributed by atoms with Gasteiger partial charge in [-0.15, -0.1) is 0 Å². The molecule has 1 saturated heterocycles. The molecule has 7 nitrogen and oxygen atoms in total. The second-order valence-corrected chi connectivity index (χ2v) is 7.04. The van der Waals surface area contributed by atoms with Crippen molar-refractivity contribution in [3.63, 3.8) is 0 Å². The van der Waals surface area contributed by atoms with E-state index in [0.29, 0.717) is 25.4 Å². The van der Waals surface area contributed by atoms with Gasteiger partial charge in [0.15, 0.2) is 0 Å². The molecule has 1 aromatic rings. The third-order valence-electron chi connectivity index (χ3n) is 3.12. The molecule has 8 heteroatoms. The third-order valence-corrected chi connectivity index (χ3v) is 4.93. The number of carbonyl (C=O) groups excluding carboxylic acids is 1. The molecular weight excluding hydrogens is 294 g/mol. The Kier molecular flexibility index (Phi) is 4.94. The third kappa shape index (κ3) is 3.79. The summed E-state index contributed by atoms with van der Waals surface area (Å²) in [5, 5.41) is 5.74. The highest BCUT2D eigenvalue weighted by Crippen LogP contribution is 2.18. The van der Waals surface area contributed by atoms with E-state index in [1.807, 2.05) is 0 Å². The van der Waals surface area contributed by atoms with E-state index in [2.05, 4.69) is 10.6 Å². The van der Waals surface area contributed by atoms with Gasteiger partial charge in [-0.05, 0) is 18.2 Å². The number of morpholine rings is 1. The van der Waals surface area contributed by atoms with E-state index in [0.717, 1.165) is 4.31 Å². The molecule has 116 valence electrons. The number of anilines is 1. The maximum Gasteiger partial charge on any atom is 0.243 e. The van der Waals surface area contributed by atoms with Crippen molar-refractivity contribution in [2.45, 2.75) is 10.9 Å². The topological polar surface area (TPSA) is 87.7 Å². The van der Waals surface area contributed by atoms with Gasteiger partial charge < -0.3 is 15.4 Å². The van der Waals surface area contributed by atoms with Crippen molar-refractivity contribution in [1.29, 1.82) is 0 Å². The lowest BCUT2D eigenvalue weighted by atomic mass is 10.2. The van der Waals surface area contributed by atoms with Crippen LogP contribution < -0.4 is 10.6 Å². The van der Waals surface area contributed by atoms with Gasteiger partial charge in [0.25, 0.3) is 0 Å². The predicted molar refractivity (Wildman–Crippen MR) is 78.6 cm³/mol. The summed E-state index contributed by atoms with van der Waals surface area (Å²) in [6.07, 6.45) is 0. The Morgan fingerprint density at radius 2 is 2.19 bits per heavy atom. The number of ether oxygens (including phenoxy) is 1. The van der Waals surface area contributed by atoms with E-state index in [9.17, 15) is 13.2 Å². The Bertz CT molecular complexity index is 610. The molecule has 0 spiro atoms. The van der Waals surface area contributed by atoms with Crippen LogP contribution in [0, 0.1) is 0 Å². The van der Waals surface area contributed by atoms with Gasteiger partial charge in [0.05, 0.1) is 18.1 Å². The highest BCUT2D eigenvalue weighted by Gasteiger charge is 2.22. The first-order valence-corrected chi connectivity index (χ1v) is 8.00. The van der Waals surface area contributed by atoms with E-state index in [-0.39, 0.29) is 10.8 Å². The van der Waals surface area contributed by atoms with E-state index >= 15 is 0 Å². The van der Waals surface area contributed by atoms with Gasteiger partial charge in [0.1, 0.15) is 6.04 Å². The summed E-state index contributed by atoms with van der Waals surface area (Å²) < 4.78 is 30.5. The van der Waals surface area contributed by atoms with Crippen LogP contribution in [0.25, 0.3) is 0 Å². The maximum absolute atomic E-state index is 12.1. The van der Waals surface area contributed by atoms with Crippen LogP contribution in [0.2, 0.25) is 0 Å². The van der Waals surface area contributed by atoms with E-state index < -0.39 is 16.1 Å². The standard InChI is InChI=1S/C13H19N3O4S/c1-16(2)21(18,19)11-5-3-4-10(8-11)15-13(17)12-9-20-7-6-14-12/h3-5,8,12,14H,6-7,9H2,1-2H3,(H,15,17). The molecule has 2 N–H and O–H groups in total. The molecule has 21 heavy (non-hydrogen) atoms. The largest absolute Gasteiger partial charge is 0.378 e. The van der Waals surface area contributed by atoms with Crippen LogP contribution in [-0.2, 0) is 19.6 Å². The van der Waals surface area contributed by atoms with Crippen LogP contribution in [-0.4, -0.2) is 58.5 Å². The summed E-state index contributed by atoms with van der Waals surface area (Å²) in [6.45, 7) is 1.51. The Labute approximate surface area is 124 Å². The van der Waals surface area contributed by atoms with Gasteiger partial charge in [-0.3, -0.25) is 4.79 Å². The molecule has 1 fully saturated rings. The summed E-state index contributed by atoms with van der Waals surface area (Å²) >= 11 is 0. The fourth-order valence-corrected chi connectivity index (χ4v) is 2.86. The van der Waals surface area contributed by atoms with Crippen LogP contribution in [0.15, 0.2) is 29.2 Å². The summed E-state index contributed by atoms with van der Waals surface area (Å²) in [5.41, 5.74) is 0.440. The molecule has 0 aromatic heterocycles. The normalized spacial score (nSPS) is 19.5.